The van der Waals surface area contributed by atoms with Crippen molar-refractivity contribution < 1.29 is 13.5 Å². The van der Waals surface area contributed by atoms with E-state index in [1.807, 2.05) is 19.1 Å². The lowest BCUT2D eigenvalue weighted by atomic mass is 10.0. The van der Waals surface area contributed by atoms with Crippen molar-refractivity contribution in [2.75, 3.05) is 0 Å². The Bertz CT molecular complexity index is 1360. The molecule has 0 aliphatic heterocycles. The Kier molecular flexibility index (Phi) is 5.47. The topological polar surface area (TPSA) is 148 Å². The first-order chi connectivity index (χ1) is 14.0. The predicted octanol–water partition coefficient (Wildman–Crippen LogP) is 1.55. The van der Waals surface area contributed by atoms with Crippen LogP contribution in [0.25, 0.3) is 5.69 Å². The van der Waals surface area contributed by atoms with E-state index in [4.69, 9.17) is 5.14 Å². The van der Waals surface area contributed by atoms with Gasteiger partial charge in [0.1, 0.15) is 5.56 Å². The number of aromatic nitrogens is 2. The second kappa shape index (κ2) is 7.73. The number of aliphatic imine (C=N–C) groups is 1. The van der Waals surface area contributed by atoms with Gasteiger partial charge in [0, 0.05) is 6.21 Å². The first-order valence-corrected chi connectivity index (χ1v) is 10.4. The lowest BCUT2D eigenvalue weighted by Crippen LogP contribution is -2.32. The van der Waals surface area contributed by atoms with Crippen LogP contribution in [-0.4, -0.2) is 29.3 Å². The number of nitrogens with one attached hydrogen (secondary N) is 1. The summed E-state index contributed by atoms with van der Waals surface area (Å²) in [4.78, 5) is 30.9. The highest BCUT2D eigenvalue weighted by atomic mass is 32.2. The van der Waals surface area contributed by atoms with Gasteiger partial charge in [-0.05, 0) is 56.2 Å². The number of nitrogens with two attached hydrogens (primary N) is 1. The Balaban J connectivity index is 2.12. The van der Waals surface area contributed by atoms with Gasteiger partial charge in [-0.25, -0.2) is 22.9 Å². The van der Waals surface area contributed by atoms with Crippen LogP contribution in [0.4, 0.5) is 5.69 Å². The van der Waals surface area contributed by atoms with Crippen LogP contribution in [0.2, 0.25) is 0 Å². The highest BCUT2D eigenvalue weighted by molar-refractivity contribution is 7.89. The van der Waals surface area contributed by atoms with Crippen LogP contribution in [0.15, 0.2) is 55.9 Å². The normalized spacial score (nSPS) is 11.9. The third kappa shape index (κ3) is 4.09. The van der Waals surface area contributed by atoms with Gasteiger partial charge in [-0.2, -0.15) is 0 Å². The molecule has 2 aromatic carbocycles. The van der Waals surface area contributed by atoms with E-state index >= 15 is 0 Å². The highest BCUT2D eigenvalue weighted by Gasteiger charge is 2.17. The molecule has 0 radical (unpaired) electrons. The van der Waals surface area contributed by atoms with Crippen molar-refractivity contribution in [2.24, 2.45) is 10.1 Å². The molecule has 3 aromatic rings. The fraction of sp³-hybridized carbons (Fsp3) is 0.150. The number of aryl methyl sites for hydroxylation is 3. The summed E-state index contributed by atoms with van der Waals surface area (Å²) in [7, 11) is -3.84. The number of benzene rings is 2. The van der Waals surface area contributed by atoms with Crippen molar-refractivity contribution in [1.29, 1.82) is 0 Å². The third-order valence-electron chi connectivity index (χ3n) is 4.49. The summed E-state index contributed by atoms with van der Waals surface area (Å²) >= 11 is 0. The van der Waals surface area contributed by atoms with Gasteiger partial charge in [-0.15, -0.1) is 0 Å². The molecule has 10 heteroatoms. The summed E-state index contributed by atoms with van der Waals surface area (Å²) in [6, 6.07) is 9.05. The van der Waals surface area contributed by atoms with Crippen molar-refractivity contribution in [3.05, 3.63) is 79.5 Å². The molecule has 0 fully saturated rings. The van der Waals surface area contributed by atoms with Gasteiger partial charge < -0.3 is 5.11 Å². The van der Waals surface area contributed by atoms with Crippen molar-refractivity contribution >= 4 is 21.9 Å². The molecule has 0 bridgehead atoms. The molecule has 156 valence electrons. The lowest BCUT2D eigenvalue weighted by Gasteiger charge is -2.15. The fourth-order valence-electron chi connectivity index (χ4n) is 3.25. The smallest absolute Gasteiger partial charge is 0.335 e. The minimum absolute atomic E-state index is 0.0824. The molecular formula is C20H20N4O5S. The zero-order chi connectivity index (χ0) is 22.2. The molecule has 0 spiro atoms. The Hall–Kier alpha value is -3.50. The van der Waals surface area contributed by atoms with Gasteiger partial charge >= 0.3 is 5.69 Å². The van der Waals surface area contributed by atoms with E-state index in [2.05, 4.69) is 9.98 Å². The summed E-state index contributed by atoms with van der Waals surface area (Å²) in [5, 5.41) is 15.8. The summed E-state index contributed by atoms with van der Waals surface area (Å²) in [5.41, 5.74) is 1.48. The maximum Gasteiger partial charge on any atom is 0.335 e. The Morgan fingerprint density at radius 2 is 1.63 bits per heavy atom. The number of H-pyrrole nitrogens is 1. The monoisotopic (exact) mass is 428 g/mol. The molecule has 3 rings (SSSR count). The number of rotatable bonds is 4. The number of hydrogen-bond acceptors (Lipinski definition) is 6. The predicted molar refractivity (Wildman–Crippen MR) is 114 cm³/mol. The molecule has 0 saturated carbocycles. The van der Waals surface area contributed by atoms with Crippen molar-refractivity contribution in [3.63, 3.8) is 0 Å². The van der Waals surface area contributed by atoms with E-state index < -0.39 is 27.2 Å². The molecule has 0 amide bonds. The van der Waals surface area contributed by atoms with Crippen LogP contribution in [0.5, 0.6) is 5.88 Å². The molecule has 4 N–H and O–H groups in total. The number of sulfonamides is 1. The third-order valence-corrected chi connectivity index (χ3v) is 5.42. The molecular weight excluding hydrogens is 408 g/mol. The highest BCUT2D eigenvalue weighted by Crippen LogP contribution is 2.24. The zero-order valence-corrected chi connectivity index (χ0v) is 17.3. The molecule has 0 atom stereocenters. The van der Waals surface area contributed by atoms with Crippen molar-refractivity contribution in [3.8, 4) is 11.6 Å². The van der Waals surface area contributed by atoms with Crippen LogP contribution in [-0.2, 0) is 10.0 Å². The number of primary sulfonamides is 1. The number of hydrogen-bond donors (Lipinski definition) is 3. The lowest BCUT2D eigenvalue weighted by molar-refractivity contribution is 0.429. The maximum absolute atomic E-state index is 12.4. The summed E-state index contributed by atoms with van der Waals surface area (Å²) in [6.07, 6.45) is 1.11. The number of aromatic amines is 1. The zero-order valence-electron chi connectivity index (χ0n) is 16.5. The largest absolute Gasteiger partial charge is 0.493 e. The quantitative estimate of drug-likeness (QED) is 0.539. The summed E-state index contributed by atoms with van der Waals surface area (Å²) in [5.74, 6) is -0.552. The maximum atomic E-state index is 12.4. The van der Waals surface area contributed by atoms with Gasteiger partial charge in [0.05, 0.1) is 16.3 Å². The standard InChI is InChI=1S/C20H20N4O5S/c1-11-8-12(2)17(13(3)9-11)24-19(26)16(18(25)23-20(24)27)10-22-14-4-6-15(7-5-14)30(21,28)29/h4-10,26H,1-3H3,(H2,21,28,29)(H,23,25,27). The van der Waals surface area contributed by atoms with Crippen LogP contribution in [0.3, 0.4) is 0 Å². The van der Waals surface area contributed by atoms with Gasteiger partial charge in [-0.3, -0.25) is 14.8 Å². The summed E-state index contributed by atoms with van der Waals surface area (Å²) in [6.45, 7) is 5.51. The average molecular weight is 428 g/mol. The molecule has 1 heterocycles. The van der Waals surface area contributed by atoms with Gasteiger partial charge in [-0.1, -0.05) is 17.7 Å². The first-order valence-electron chi connectivity index (χ1n) is 8.82. The van der Waals surface area contributed by atoms with Crippen LogP contribution >= 0.6 is 0 Å². The molecule has 9 nitrogen and oxygen atoms in total. The fourth-order valence-corrected chi connectivity index (χ4v) is 3.76. The van der Waals surface area contributed by atoms with Crippen LogP contribution < -0.4 is 16.4 Å². The Morgan fingerprint density at radius 1 is 1.07 bits per heavy atom. The van der Waals surface area contributed by atoms with Gasteiger partial charge in [0.25, 0.3) is 5.56 Å². The Morgan fingerprint density at radius 3 is 2.17 bits per heavy atom. The molecule has 0 aliphatic rings. The minimum Gasteiger partial charge on any atom is -0.493 e. The number of aromatic hydroxyl groups is 1. The van der Waals surface area contributed by atoms with E-state index in [1.54, 1.807) is 13.8 Å². The molecule has 0 aliphatic carbocycles. The number of nitrogens with zero attached hydrogens (tertiary/aromatic N) is 2. The summed E-state index contributed by atoms with van der Waals surface area (Å²) < 4.78 is 23.7. The SMILES string of the molecule is Cc1cc(C)c(-n2c(O)c(C=Nc3ccc(S(N)(=O)=O)cc3)c(=O)[nH]c2=O)c(C)c1. The molecule has 0 saturated heterocycles. The second-order valence-corrected chi connectivity index (χ2v) is 8.44. The molecule has 1 aromatic heterocycles. The van der Waals surface area contributed by atoms with E-state index in [0.717, 1.165) is 27.5 Å². The van der Waals surface area contributed by atoms with Crippen molar-refractivity contribution in [1.82, 2.24) is 9.55 Å². The van der Waals surface area contributed by atoms with E-state index in [9.17, 15) is 23.1 Å². The van der Waals surface area contributed by atoms with E-state index in [-0.39, 0.29) is 10.5 Å². The Labute approximate surface area is 172 Å². The average Bonchev–Trinajstić information content (AvgIpc) is 2.63. The van der Waals surface area contributed by atoms with Crippen LogP contribution in [0, 0.1) is 20.8 Å². The van der Waals surface area contributed by atoms with Gasteiger partial charge in [0.15, 0.2) is 0 Å². The molecule has 0 unspecified atom stereocenters. The first kappa shape index (κ1) is 21.2. The van der Waals surface area contributed by atoms with Crippen molar-refractivity contribution in [2.45, 2.75) is 25.7 Å². The van der Waals surface area contributed by atoms with Gasteiger partial charge in [0.2, 0.25) is 15.9 Å². The second-order valence-electron chi connectivity index (χ2n) is 6.88. The minimum atomic E-state index is -3.84. The van der Waals surface area contributed by atoms with Crippen LogP contribution in [0.1, 0.15) is 22.3 Å². The van der Waals surface area contributed by atoms with E-state index in [0.29, 0.717) is 11.4 Å². The van der Waals surface area contributed by atoms with E-state index in [1.165, 1.54) is 24.3 Å². The molecule has 30 heavy (non-hydrogen) atoms.